The Morgan fingerprint density at radius 2 is 0.417 bits per heavy atom. The largest absolute Gasteiger partial charge is 3.00 e. The zero-order valence-corrected chi connectivity index (χ0v) is 45.6. The third-order valence-corrected chi connectivity index (χ3v) is 20.5. The first-order chi connectivity index (χ1) is 34.6. The second-order valence-electron chi connectivity index (χ2n) is 13.8. The fourth-order valence-electron chi connectivity index (χ4n) is 7.01. The van der Waals surface area contributed by atoms with E-state index in [-0.39, 0.29) is 42.7 Å². The van der Waals surface area contributed by atoms with Crippen LogP contribution in [0, 0.1) is 0 Å². The van der Waals surface area contributed by atoms with Gasteiger partial charge in [-0.15, -0.1) is 4.17 Å². The first kappa shape index (κ1) is 65.8. The Kier molecular flexibility index (Phi) is 36.0. The number of rotatable bonds is 8. The zero-order valence-electron chi connectivity index (χ0n) is 38.8. The third kappa shape index (κ3) is 19.1. The fourth-order valence-corrected chi connectivity index (χ4v) is 18.0. The van der Waals surface area contributed by atoms with Crippen LogP contribution >= 0.6 is 22.7 Å². The van der Waals surface area contributed by atoms with Crippen LogP contribution in [-0.2, 0) is 83.4 Å². The van der Waals surface area contributed by atoms with Gasteiger partial charge in [0.25, 0.3) is 0 Å². The summed E-state index contributed by atoms with van der Waals surface area (Å²) in [6, 6.07) is 94.4. The van der Waals surface area contributed by atoms with Crippen LogP contribution < -0.4 is 46.6 Å². The van der Waals surface area contributed by atoms with Crippen LogP contribution in [0.1, 0.15) is 0 Å². The van der Waals surface area contributed by atoms with Crippen molar-refractivity contribution in [3.8, 4) is 0 Å². The minimum atomic E-state index is -2.50. The summed E-state index contributed by atoms with van der Waals surface area (Å²) in [5.74, 6) is 0. The minimum absolute atomic E-state index is 0. The molecule has 0 bridgehead atoms. The fraction of sp³-hybridized carbons (Fsp3) is 0. The van der Waals surface area contributed by atoms with E-state index in [2.05, 4.69) is 277 Å². The summed E-state index contributed by atoms with van der Waals surface area (Å²) in [7, 11) is -4.72. The summed E-state index contributed by atoms with van der Waals surface area (Å²) in [4.78, 5) is 40.3. The van der Waals surface area contributed by atoms with Gasteiger partial charge in [-0.2, -0.15) is 9.79 Å². The summed E-state index contributed by atoms with van der Waals surface area (Å²) in [6.07, 6.45) is 0. The van der Waals surface area contributed by atoms with E-state index in [1.165, 1.54) is 42.4 Å². The molecule has 0 unspecified atom stereocenters. The number of nitrogens with zero attached hydrogens (tertiary/aromatic N) is 1. The summed E-state index contributed by atoms with van der Waals surface area (Å²) in [5, 5.41) is 10.5. The molecule has 72 heavy (non-hydrogen) atoms. The molecule has 0 amide bonds. The van der Waals surface area contributed by atoms with Gasteiger partial charge < -0.3 is 49.2 Å². The summed E-state index contributed by atoms with van der Waals surface area (Å²) >= 11 is 9.70. The van der Waals surface area contributed by atoms with Crippen LogP contribution in [0.25, 0.3) is 0 Å². The van der Waals surface area contributed by atoms with Gasteiger partial charge >= 0.3 is 48.2 Å². The van der Waals surface area contributed by atoms with Gasteiger partial charge in [0.1, 0.15) is 0 Å². The quantitative estimate of drug-likeness (QED) is 0.0376. The van der Waals surface area contributed by atoms with Crippen molar-refractivity contribution in [2.45, 2.75) is 9.79 Å². The van der Waals surface area contributed by atoms with Crippen molar-refractivity contribution in [2.75, 3.05) is 0 Å². The smallest absolute Gasteiger partial charge is 0.781 e. The van der Waals surface area contributed by atoms with Crippen molar-refractivity contribution >= 4 is 124 Å². The van der Waals surface area contributed by atoms with Crippen molar-refractivity contribution in [1.29, 1.82) is 0 Å². The zero-order chi connectivity index (χ0) is 51.3. The monoisotopic (exact) mass is 1120 g/mol. The predicted molar refractivity (Wildman–Crippen MR) is 306 cm³/mol. The maximum atomic E-state index is 7.75. The Hall–Kier alpha value is -6.19. The van der Waals surface area contributed by atoms with E-state index in [0.29, 0.717) is 0 Å². The first-order valence-electron chi connectivity index (χ1n) is 21.0. The van der Waals surface area contributed by atoms with Crippen LogP contribution in [0.3, 0.4) is 0 Å². The van der Waals surface area contributed by atoms with Crippen molar-refractivity contribution < 1.29 is 58.1 Å². The summed E-state index contributed by atoms with van der Waals surface area (Å²) in [5.41, 5.74) is 0. The molecule has 0 spiro atoms. The van der Waals surface area contributed by atoms with E-state index in [1.54, 1.807) is 0 Å². The Morgan fingerprint density at radius 3 is 0.583 bits per heavy atom. The minimum Gasteiger partial charge on any atom is -0.781 e. The standard InChI is InChI=1S/C36H30NP2.C12H11P.C6H6S2.5CHO.2Fe/c1-7-19-31(20-8-1)38(32-21-9-2-10-22-32,33-23-11-3-12-24-33)37-39(34-25-13-4-14-26-34,35-27-15-5-16-28-35)36-29-17-6-18-30-36;1-3-7-11(8-4-1)13-12-9-5-2-6-10-12;7-5-3-1-2-4-6(5)8;5*1-2;;/h1-30H;1-10,13H;1-4,7-8H;5*1H;;/q+1;;;5*-1;2*+3/p-1. The first-order valence-corrected chi connectivity index (χ1v) is 26.5. The molecule has 9 aromatic carbocycles. The number of hydrogen-bond acceptors (Lipinski definition) is 7. The maximum absolute atomic E-state index is 7.75. The molecular weight excluding hydrogens is 1070 g/mol. The van der Waals surface area contributed by atoms with E-state index in [1.807, 2.05) is 24.3 Å². The molecule has 9 aromatic rings. The van der Waals surface area contributed by atoms with Crippen molar-refractivity contribution in [3.63, 3.8) is 0 Å². The van der Waals surface area contributed by atoms with E-state index < -0.39 is 14.1 Å². The Balaban J connectivity index is 0.00000125. The van der Waals surface area contributed by atoms with Crippen molar-refractivity contribution in [2.24, 2.45) is 0 Å². The molecule has 9 rings (SSSR count). The molecule has 0 aliphatic rings. The van der Waals surface area contributed by atoms with Crippen LogP contribution in [-0.4, -0.2) is 33.9 Å². The number of benzene rings is 9. The summed E-state index contributed by atoms with van der Waals surface area (Å²) < 4.78 is 6.38. The molecule has 0 fully saturated rings. The van der Waals surface area contributed by atoms with Crippen molar-refractivity contribution in [3.05, 3.63) is 267 Å². The molecule has 0 aliphatic carbocycles. The Labute approximate surface area is 459 Å². The molecule has 0 aromatic heterocycles. The Morgan fingerprint density at radius 1 is 0.264 bits per heavy atom. The topological polar surface area (TPSA) is 99.4 Å². The van der Waals surface area contributed by atoms with Crippen LogP contribution in [0.2, 0.25) is 0 Å². The molecule has 0 atom stereocenters. The van der Waals surface area contributed by atoms with Gasteiger partial charge in [0.15, 0.2) is 0 Å². The average Bonchev–Trinajstić information content (AvgIpc) is 3.47. The molecule has 2 radical (unpaired) electrons. The molecule has 0 saturated carbocycles. The summed E-state index contributed by atoms with van der Waals surface area (Å²) in [6.45, 7) is 16.2. The molecule has 0 saturated heterocycles. The van der Waals surface area contributed by atoms with Gasteiger partial charge in [-0.05, 0) is 97.1 Å². The molecule has 13 heteroatoms. The molecule has 364 valence electrons. The molecular formula is C59H51Fe2NO5P3S2+. The van der Waals surface area contributed by atoms with Crippen LogP contribution in [0.15, 0.2) is 277 Å². The van der Waals surface area contributed by atoms with E-state index in [0.717, 1.165) is 9.79 Å². The van der Waals surface area contributed by atoms with Gasteiger partial charge in [-0.3, -0.25) is 33.9 Å². The SMILES string of the molecule is [CH-]=O.[CH-]=O.[CH-]=O.[CH-]=O.[CH-]=O.[Fe+3].[Fe+3].[S-]c1ccccc1[S-].c1ccc(P(=[N+]=P(c2ccccc2)(c2ccccc2)c2ccccc2)(c2ccccc2)c2ccccc2)cc1.c1ccc([PH2+]c2ccccc2)cc1. The van der Waals surface area contributed by atoms with Gasteiger partial charge in [-0.25, -0.2) is 0 Å². The molecule has 0 heterocycles. The van der Waals surface area contributed by atoms with E-state index >= 15 is 0 Å². The van der Waals surface area contributed by atoms with Crippen molar-refractivity contribution in [1.82, 2.24) is 4.17 Å². The van der Waals surface area contributed by atoms with Gasteiger partial charge in [0.05, 0.1) is 51.0 Å². The number of carbonyl (C=O) groups excluding carboxylic acids is 5. The van der Waals surface area contributed by atoms with E-state index in [9.17, 15) is 0 Å². The Bertz CT molecular complexity index is 2490. The van der Waals surface area contributed by atoms with E-state index in [4.69, 9.17) is 53.4 Å². The molecule has 0 N–H and O–H groups in total. The van der Waals surface area contributed by atoms with Crippen LogP contribution in [0.4, 0.5) is 0 Å². The number of hydrogen-bond donors (Lipinski definition) is 0. The molecule has 6 nitrogen and oxygen atoms in total. The normalized spacial score (nSPS) is 9.28. The van der Waals surface area contributed by atoms with Gasteiger partial charge in [0.2, 0.25) is 0 Å². The third-order valence-electron chi connectivity index (χ3n) is 9.83. The maximum Gasteiger partial charge on any atom is 3.00 e. The predicted octanol–water partition coefficient (Wildman–Crippen LogP) is 8.58. The second-order valence-corrected chi connectivity index (χ2v) is 22.6. The average molecular weight is 1120 g/mol. The van der Waals surface area contributed by atoms with Gasteiger partial charge in [0, 0.05) is 0 Å². The van der Waals surface area contributed by atoms with Crippen LogP contribution in [0.5, 0.6) is 0 Å². The molecule has 0 aliphatic heterocycles. The van der Waals surface area contributed by atoms with Gasteiger partial charge in [-0.1, -0.05) is 170 Å². The second kappa shape index (κ2) is 39.4.